The lowest BCUT2D eigenvalue weighted by Gasteiger charge is -1.93. The summed E-state index contributed by atoms with van der Waals surface area (Å²) >= 11 is 0. The van der Waals surface area contributed by atoms with Gasteiger partial charge in [0.25, 0.3) is 0 Å². The molecule has 0 aliphatic rings. The van der Waals surface area contributed by atoms with Crippen LogP contribution in [0.15, 0.2) is 41.7 Å². The predicted octanol–water partition coefficient (Wildman–Crippen LogP) is 3.63. The Kier molecular flexibility index (Phi) is 5.24. The predicted molar refractivity (Wildman–Crippen MR) is 51.5 cm³/mol. The van der Waals surface area contributed by atoms with Gasteiger partial charge in [0.2, 0.25) is 0 Å². The van der Waals surface area contributed by atoms with Gasteiger partial charge in [-0.05, 0) is 37.5 Å². The Hall–Kier alpha value is -1.00. The van der Waals surface area contributed by atoms with Crippen LogP contribution < -0.4 is 0 Å². The maximum absolute atomic E-state index is 3.89. The second kappa shape index (κ2) is 5.76. The second-order valence-corrected chi connectivity index (χ2v) is 2.41. The van der Waals surface area contributed by atoms with Crippen LogP contribution in [0.5, 0.6) is 0 Å². The number of allylic oxidation sites excluding steroid dienone is 4. The van der Waals surface area contributed by atoms with Crippen molar-refractivity contribution in [1.82, 2.24) is 0 Å². The van der Waals surface area contributed by atoms with Gasteiger partial charge in [0, 0.05) is 0 Å². The molecule has 0 bridgehead atoms. The quantitative estimate of drug-likeness (QED) is 0.423. The molecule has 11 heavy (non-hydrogen) atoms. The van der Waals surface area contributed by atoms with Crippen LogP contribution in [0.25, 0.3) is 0 Å². The summed E-state index contributed by atoms with van der Waals surface area (Å²) in [6.45, 7) is 10.00. The van der Waals surface area contributed by atoms with Crippen molar-refractivity contribution in [3.8, 4) is 0 Å². The van der Waals surface area contributed by atoms with Crippen LogP contribution in [0, 0.1) is 0 Å². The fourth-order valence-electron chi connectivity index (χ4n) is 0.674. The van der Waals surface area contributed by atoms with Crippen molar-refractivity contribution in [2.24, 2.45) is 0 Å². The molecule has 0 rings (SSSR count). The molecule has 0 unspecified atom stereocenters. The summed E-state index contributed by atoms with van der Waals surface area (Å²) in [6.07, 6.45) is 7.02. The largest absolute Gasteiger partial charge is 0.121 e. The molecule has 60 valence electrons. The molecule has 0 heterocycles. The molecule has 0 nitrogen and oxygen atoms in total. The summed E-state index contributed by atoms with van der Waals surface area (Å²) in [5, 5.41) is 0. The van der Waals surface area contributed by atoms with Crippen molar-refractivity contribution in [2.75, 3.05) is 0 Å². The van der Waals surface area contributed by atoms with Crippen LogP contribution in [0.3, 0.4) is 0 Å². The molecule has 0 aliphatic carbocycles. The fraction of sp³-hybridized carbons (Fsp3) is 0.364. The first-order valence-electron chi connectivity index (χ1n) is 3.96. The molecule has 0 spiro atoms. The van der Waals surface area contributed by atoms with E-state index in [0.717, 1.165) is 17.6 Å². The van der Waals surface area contributed by atoms with Crippen molar-refractivity contribution in [1.29, 1.82) is 0 Å². The molecule has 0 aliphatic heterocycles. The van der Waals surface area contributed by atoms with E-state index in [1.165, 1.54) is 0 Å². The molecule has 0 fully saturated rings. The minimum atomic E-state index is 1.03. The van der Waals surface area contributed by atoms with E-state index in [4.69, 9.17) is 0 Å². The third kappa shape index (κ3) is 4.41. The Bertz CT molecular complexity index is 210. The summed E-state index contributed by atoms with van der Waals surface area (Å²) in [4.78, 5) is 0. The van der Waals surface area contributed by atoms with E-state index in [1.54, 1.807) is 0 Å². The Labute approximate surface area is 69.6 Å². The van der Waals surface area contributed by atoms with Gasteiger partial charge in [-0.3, -0.25) is 0 Å². The molecule has 0 atom stereocenters. The number of rotatable bonds is 3. The highest BCUT2D eigenvalue weighted by Crippen LogP contribution is 2.05. The van der Waals surface area contributed by atoms with Crippen LogP contribution in [0.2, 0.25) is 0 Å². The van der Waals surface area contributed by atoms with Gasteiger partial charge in [-0.1, -0.05) is 25.7 Å². The summed E-state index contributed by atoms with van der Waals surface area (Å²) in [7, 11) is 0. The Balaban J connectivity index is 4.35. The van der Waals surface area contributed by atoms with Crippen LogP contribution in [-0.2, 0) is 0 Å². The summed E-state index contributed by atoms with van der Waals surface area (Å²) in [5.41, 5.74) is 5.31. The molecule has 0 N–H and O–H groups in total. The number of hydrogen-bond donors (Lipinski definition) is 0. The molecular weight excluding hydrogens is 132 g/mol. The lowest BCUT2D eigenvalue weighted by atomic mass is 10.1. The molecule has 0 aromatic rings. The van der Waals surface area contributed by atoms with Gasteiger partial charge in [0.05, 0.1) is 0 Å². The Morgan fingerprint density at radius 1 is 1.55 bits per heavy atom. The average Bonchev–Trinajstić information content (AvgIpc) is 2.00. The van der Waals surface area contributed by atoms with Crippen molar-refractivity contribution < 1.29 is 0 Å². The van der Waals surface area contributed by atoms with E-state index < -0.39 is 0 Å². The summed E-state index contributed by atoms with van der Waals surface area (Å²) in [6, 6.07) is 0. The van der Waals surface area contributed by atoms with Crippen molar-refractivity contribution in [2.45, 2.75) is 27.2 Å². The minimum Gasteiger partial charge on any atom is -0.121 e. The maximum atomic E-state index is 3.89. The highest BCUT2D eigenvalue weighted by molar-refractivity contribution is 5.34. The Morgan fingerprint density at radius 2 is 2.18 bits per heavy atom. The third-order valence-corrected chi connectivity index (χ3v) is 1.37. The van der Waals surface area contributed by atoms with Gasteiger partial charge in [-0.2, -0.15) is 0 Å². The first kappa shape index (κ1) is 10.0. The van der Waals surface area contributed by atoms with Gasteiger partial charge < -0.3 is 0 Å². The lowest BCUT2D eigenvalue weighted by molar-refractivity contribution is 1.22. The zero-order valence-electron chi connectivity index (χ0n) is 7.65. The third-order valence-electron chi connectivity index (χ3n) is 1.37. The molecular formula is C11H16. The minimum absolute atomic E-state index is 1.03. The van der Waals surface area contributed by atoms with Gasteiger partial charge in [-0.15, -0.1) is 5.73 Å². The lowest BCUT2D eigenvalue weighted by Crippen LogP contribution is -1.74. The van der Waals surface area contributed by atoms with Gasteiger partial charge in [-0.25, -0.2) is 0 Å². The zero-order chi connectivity index (χ0) is 8.69. The fourth-order valence-corrected chi connectivity index (χ4v) is 0.674. The van der Waals surface area contributed by atoms with Gasteiger partial charge in [0.15, 0.2) is 0 Å². The van der Waals surface area contributed by atoms with E-state index in [1.807, 2.05) is 32.1 Å². The van der Waals surface area contributed by atoms with Crippen LogP contribution >= 0.6 is 0 Å². The molecule has 0 aromatic carbocycles. The molecule has 0 radical (unpaired) electrons. The first-order chi connectivity index (χ1) is 5.22. The normalized spacial score (nSPS) is 9.36. The average molecular weight is 148 g/mol. The molecule has 0 amide bonds. The summed E-state index contributed by atoms with van der Waals surface area (Å²) < 4.78 is 0. The monoisotopic (exact) mass is 148 g/mol. The zero-order valence-corrected chi connectivity index (χ0v) is 7.65. The van der Waals surface area contributed by atoms with Gasteiger partial charge >= 0.3 is 0 Å². The van der Waals surface area contributed by atoms with E-state index >= 15 is 0 Å². The molecule has 0 heteroatoms. The molecule has 0 aromatic heterocycles. The Morgan fingerprint density at radius 3 is 2.64 bits per heavy atom. The van der Waals surface area contributed by atoms with Crippen LogP contribution in [-0.4, -0.2) is 0 Å². The maximum Gasteiger partial charge on any atom is -0.00284 e. The SMILES string of the molecule is C=C(/C=C\C)C(C)=C=CCC. The summed E-state index contributed by atoms with van der Waals surface area (Å²) in [5.74, 6) is 0. The van der Waals surface area contributed by atoms with E-state index in [-0.39, 0.29) is 0 Å². The van der Waals surface area contributed by atoms with E-state index in [2.05, 4.69) is 19.2 Å². The van der Waals surface area contributed by atoms with Crippen molar-refractivity contribution in [3.05, 3.63) is 41.7 Å². The molecule has 0 saturated carbocycles. The van der Waals surface area contributed by atoms with E-state index in [0.29, 0.717) is 0 Å². The van der Waals surface area contributed by atoms with Crippen LogP contribution in [0.1, 0.15) is 27.2 Å². The van der Waals surface area contributed by atoms with E-state index in [9.17, 15) is 0 Å². The van der Waals surface area contributed by atoms with Gasteiger partial charge in [0.1, 0.15) is 0 Å². The number of hydrogen-bond acceptors (Lipinski definition) is 0. The van der Waals surface area contributed by atoms with Crippen LogP contribution in [0.4, 0.5) is 0 Å². The topological polar surface area (TPSA) is 0 Å². The molecule has 0 saturated heterocycles. The van der Waals surface area contributed by atoms with Crippen molar-refractivity contribution in [3.63, 3.8) is 0 Å². The standard InChI is InChI=1S/C11H16/c1-5-7-9-11(4)10(3)8-6-2/h6-8H,3,5H2,1-2,4H3/b8-6-. The van der Waals surface area contributed by atoms with Crippen molar-refractivity contribution >= 4 is 0 Å². The second-order valence-electron chi connectivity index (χ2n) is 2.41. The highest BCUT2D eigenvalue weighted by atomic mass is 13.9. The highest BCUT2D eigenvalue weighted by Gasteiger charge is 1.86. The smallest absolute Gasteiger partial charge is 0.00284 e. The first-order valence-corrected chi connectivity index (χ1v) is 3.96.